The maximum absolute atomic E-state index is 12.7. The minimum atomic E-state index is 0.200. The summed E-state index contributed by atoms with van der Waals surface area (Å²) < 4.78 is 0. The van der Waals surface area contributed by atoms with Crippen LogP contribution in [0.15, 0.2) is 59.7 Å². The lowest BCUT2D eigenvalue weighted by molar-refractivity contribution is -0.131. The third kappa shape index (κ3) is 6.44. The number of amides is 1. The molecule has 0 radical (unpaired) electrons. The van der Waals surface area contributed by atoms with Crippen LogP contribution in [0, 0.1) is 0 Å². The average molecular weight is 450 g/mol. The number of aromatic nitrogens is 1. The summed E-state index contributed by atoms with van der Waals surface area (Å²) in [6, 6.07) is 16.6. The lowest BCUT2D eigenvalue weighted by Crippen LogP contribution is -2.53. The van der Waals surface area contributed by atoms with Crippen molar-refractivity contribution in [2.75, 3.05) is 70.9 Å². The molecule has 1 N–H and O–H groups in total. The Bertz CT molecular complexity index is 889. The Kier molecular flexibility index (Phi) is 8.14. The van der Waals surface area contributed by atoms with Gasteiger partial charge < -0.3 is 20.0 Å². The van der Waals surface area contributed by atoms with Crippen LogP contribution in [-0.4, -0.2) is 97.5 Å². The molecule has 2 fully saturated rings. The molecule has 2 aliphatic heterocycles. The van der Waals surface area contributed by atoms with Gasteiger partial charge in [-0.1, -0.05) is 36.4 Å². The molecule has 8 heteroatoms. The predicted octanol–water partition coefficient (Wildman–Crippen LogP) is 1.51. The Balaban J connectivity index is 1.15. The van der Waals surface area contributed by atoms with Gasteiger partial charge in [0.2, 0.25) is 5.91 Å². The molecule has 3 heterocycles. The van der Waals surface area contributed by atoms with Crippen LogP contribution >= 0.6 is 0 Å². The summed E-state index contributed by atoms with van der Waals surface area (Å²) in [5.74, 6) is 2.08. The lowest BCUT2D eigenvalue weighted by atomic mass is 10.2. The maximum Gasteiger partial charge on any atom is 0.224 e. The van der Waals surface area contributed by atoms with Gasteiger partial charge in [0.05, 0.1) is 0 Å². The fourth-order valence-electron chi connectivity index (χ4n) is 4.46. The van der Waals surface area contributed by atoms with Crippen molar-refractivity contribution in [3.05, 3.63) is 60.3 Å². The van der Waals surface area contributed by atoms with E-state index in [1.54, 1.807) is 0 Å². The molecule has 1 aromatic carbocycles. The summed E-state index contributed by atoms with van der Waals surface area (Å²) in [5.41, 5.74) is 1.35. The number of guanidine groups is 1. The van der Waals surface area contributed by atoms with Crippen LogP contribution < -0.4 is 10.2 Å². The number of nitrogens with one attached hydrogen (secondary N) is 1. The van der Waals surface area contributed by atoms with Gasteiger partial charge in [-0.15, -0.1) is 0 Å². The Morgan fingerprint density at radius 3 is 2.27 bits per heavy atom. The number of pyridine rings is 1. The second kappa shape index (κ2) is 11.7. The van der Waals surface area contributed by atoms with Crippen molar-refractivity contribution in [3.8, 4) is 0 Å². The summed E-state index contributed by atoms with van der Waals surface area (Å²) in [6.45, 7) is 8.63. The van der Waals surface area contributed by atoms with E-state index in [0.717, 1.165) is 70.7 Å². The molecule has 0 spiro atoms. The molecule has 0 aliphatic carbocycles. The molecule has 1 aromatic heterocycles. The zero-order valence-electron chi connectivity index (χ0n) is 19.6. The van der Waals surface area contributed by atoms with E-state index >= 15 is 0 Å². The zero-order chi connectivity index (χ0) is 22.9. The minimum Gasteiger partial charge on any atom is -0.356 e. The smallest absolute Gasteiger partial charge is 0.224 e. The van der Waals surface area contributed by atoms with E-state index in [2.05, 4.69) is 60.3 Å². The van der Waals surface area contributed by atoms with Gasteiger partial charge in [0.15, 0.2) is 5.96 Å². The topological polar surface area (TPSA) is 67.3 Å². The minimum absolute atomic E-state index is 0.200. The molecule has 0 atom stereocenters. The highest BCUT2D eigenvalue weighted by Crippen LogP contribution is 2.13. The number of carbonyl (C=O) groups excluding carboxylic acids is 1. The second-order valence-electron chi connectivity index (χ2n) is 8.53. The van der Waals surface area contributed by atoms with Gasteiger partial charge in [-0.2, -0.15) is 0 Å². The lowest BCUT2D eigenvalue weighted by Gasteiger charge is -2.37. The summed E-state index contributed by atoms with van der Waals surface area (Å²) in [5, 5.41) is 3.40. The molecule has 2 aromatic rings. The van der Waals surface area contributed by atoms with Gasteiger partial charge in [0, 0.05) is 85.1 Å². The van der Waals surface area contributed by atoms with Crippen LogP contribution in [0.2, 0.25) is 0 Å². The first kappa shape index (κ1) is 23.0. The van der Waals surface area contributed by atoms with Gasteiger partial charge in [-0.3, -0.25) is 14.7 Å². The van der Waals surface area contributed by atoms with Crippen molar-refractivity contribution in [2.45, 2.75) is 13.0 Å². The summed E-state index contributed by atoms with van der Waals surface area (Å²) in [6.07, 6.45) is 2.30. The molecular weight excluding hydrogens is 414 g/mol. The number of nitrogens with zero attached hydrogens (tertiary/aromatic N) is 6. The van der Waals surface area contributed by atoms with Crippen molar-refractivity contribution in [2.24, 2.45) is 4.99 Å². The molecule has 176 valence electrons. The fourth-order valence-corrected chi connectivity index (χ4v) is 4.46. The Hall–Kier alpha value is -3.13. The zero-order valence-corrected chi connectivity index (χ0v) is 19.6. The summed E-state index contributed by atoms with van der Waals surface area (Å²) >= 11 is 0. The Labute approximate surface area is 196 Å². The first-order valence-corrected chi connectivity index (χ1v) is 11.9. The molecule has 33 heavy (non-hydrogen) atoms. The highest BCUT2D eigenvalue weighted by Gasteiger charge is 2.23. The first-order chi connectivity index (χ1) is 16.2. The highest BCUT2D eigenvalue weighted by molar-refractivity contribution is 5.81. The number of anilines is 1. The predicted molar refractivity (Wildman–Crippen MR) is 132 cm³/mol. The quantitative estimate of drug-likeness (QED) is 0.533. The van der Waals surface area contributed by atoms with Crippen molar-refractivity contribution in [1.29, 1.82) is 0 Å². The standard InChI is InChI=1S/C25H35N7O/c1-26-25(32-15-13-29(14-16-32)21-22-7-3-2-4-8-22)28-12-10-24(33)31-19-17-30(18-20-31)23-9-5-6-11-27-23/h2-9,11H,10,12-21H2,1H3,(H,26,28). The second-order valence-corrected chi connectivity index (χ2v) is 8.53. The monoisotopic (exact) mass is 449 g/mol. The average Bonchev–Trinajstić information content (AvgIpc) is 2.88. The van der Waals surface area contributed by atoms with Crippen molar-refractivity contribution in [1.82, 2.24) is 25.0 Å². The molecule has 8 nitrogen and oxygen atoms in total. The van der Waals surface area contributed by atoms with Crippen LogP contribution in [0.4, 0.5) is 5.82 Å². The normalized spacial score (nSPS) is 17.8. The molecule has 0 saturated carbocycles. The highest BCUT2D eigenvalue weighted by atomic mass is 16.2. The molecule has 0 unspecified atom stereocenters. The van der Waals surface area contributed by atoms with Crippen LogP contribution in [-0.2, 0) is 11.3 Å². The van der Waals surface area contributed by atoms with Crippen LogP contribution in [0.3, 0.4) is 0 Å². The SMILES string of the molecule is CN=C(NCCC(=O)N1CCN(c2ccccn2)CC1)N1CCN(Cc2ccccc2)CC1. The van der Waals surface area contributed by atoms with Crippen LogP contribution in [0.1, 0.15) is 12.0 Å². The maximum atomic E-state index is 12.7. The Morgan fingerprint density at radius 2 is 1.61 bits per heavy atom. The molecule has 4 rings (SSSR count). The van der Waals surface area contributed by atoms with Crippen LogP contribution in [0.25, 0.3) is 0 Å². The molecule has 2 saturated heterocycles. The molecular formula is C25H35N7O. The number of piperazine rings is 2. The van der Waals surface area contributed by atoms with E-state index in [4.69, 9.17) is 0 Å². The fraction of sp³-hybridized carbons (Fsp3) is 0.480. The number of aliphatic imine (C=N–C) groups is 1. The van der Waals surface area contributed by atoms with E-state index in [1.165, 1.54) is 5.56 Å². The summed E-state index contributed by atoms with van der Waals surface area (Å²) in [7, 11) is 1.82. The van der Waals surface area contributed by atoms with E-state index in [9.17, 15) is 4.79 Å². The largest absolute Gasteiger partial charge is 0.356 e. The molecule has 0 bridgehead atoms. The van der Waals surface area contributed by atoms with Gasteiger partial charge in [0.1, 0.15) is 5.82 Å². The third-order valence-corrected chi connectivity index (χ3v) is 6.36. The summed E-state index contributed by atoms with van der Waals surface area (Å²) in [4.78, 5) is 30.5. The van der Waals surface area contributed by atoms with E-state index in [1.807, 2.05) is 36.3 Å². The van der Waals surface area contributed by atoms with Crippen molar-refractivity contribution >= 4 is 17.7 Å². The number of hydrogen-bond donors (Lipinski definition) is 1. The van der Waals surface area contributed by atoms with Gasteiger partial charge in [-0.25, -0.2) is 4.98 Å². The number of benzene rings is 1. The molecule has 2 aliphatic rings. The van der Waals surface area contributed by atoms with Gasteiger partial charge in [0.25, 0.3) is 0 Å². The van der Waals surface area contributed by atoms with E-state index in [-0.39, 0.29) is 5.91 Å². The molecule has 1 amide bonds. The third-order valence-electron chi connectivity index (χ3n) is 6.36. The Morgan fingerprint density at radius 1 is 0.909 bits per heavy atom. The van der Waals surface area contributed by atoms with Crippen molar-refractivity contribution in [3.63, 3.8) is 0 Å². The van der Waals surface area contributed by atoms with Crippen molar-refractivity contribution < 1.29 is 4.79 Å². The first-order valence-electron chi connectivity index (χ1n) is 11.9. The van der Waals surface area contributed by atoms with Gasteiger partial charge >= 0.3 is 0 Å². The number of carbonyl (C=O) groups is 1. The number of rotatable bonds is 6. The number of hydrogen-bond acceptors (Lipinski definition) is 5. The van der Waals surface area contributed by atoms with Crippen LogP contribution in [0.5, 0.6) is 0 Å². The van der Waals surface area contributed by atoms with E-state index in [0.29, 0.717) is 13.0 Å². The van der Waals surface area contributed by atoms with E-state index < -0.39 is 0 Å². The van der Waals surface area contributed by atoms with Gasteiger partial charge in [-0.05, 0) is 17.7 Å².